The number of rotatable bonds is 5. The van der Waals surface area contributed by atoms with Crippen molar-refractivity contribution in [2.45, 2.75) is 20.3 Å². The second-order valence-corrected chi connectivity index (χ2v) is 4.41. The first-order valence-electron chi connectivity index (χ1n) is 6.42. The van der Waals surface area contributed by atoms with Crippen LogP contribution in [-0.4, -0.2) is 11.5 Å². The molecule has 19 heavy (non-hydrogen) atoms. The zero-order valence-corrected chi connectivity index (χ0v) is 11.2. The lowest BCUT2D eigenvalue weighted by Gasteiger charge is -2.11. The summed E-state index contributed by atoms with van der Waals surface area (Å²) in [5, 5.41) is 6.31. The molecule has 0 saturated heterocycles. The van der Waals surface area contributed by atoms with Gasteiger partial charge in [0.25, 0.3) is 0 Å². The Morgan fingerprint density at radius 2 is 2.11 bits per heavy atom. The van der Waals surface area contributed by atoms with E-state index in [-0.39, 0.29) is 5.82 Å². The Kier molecular flexibility index (Phi) is 4.34. The number of aromatic nitrogens is 1. The fourth-order valence-electron chi connectivity index (χ4n) is 1.79. The van der Waals surface area contributed by atoms with Crippen LogP contribution in [0, 0.1) is 12.7 Å². The molecular formula is C15H18FN3. The topological polar surface area (TPSA) is 37.0 Å². The Hall–Kier alpha value is -2.10. The van der Waals surface area contributed by atoms with E-state index in [0.717, 1.165) is 30.0 Å². The molecule has 0 aliphatic heterocycles. The summed E-state index contributed by atoms with van der Waals surface area (Å²) in [6, 6.07) is 8.73. The number of nitrogens with zero attached hydrogens (tertiary/aromatic N) is 1. The van der Waals surface area contributed by atoms with Gasteiger partial charge in [-0.05, 0) is 31.0 Å². The number of hydrogen-bond donors (Lipinski definition) is 2. The number of nitrogens with one attached hydrogen (secondary N) is 2. The van der Waals surface area contributed by atoms with E-state index in [1.807, 2.05) is 25.1 Å². The highest BCUT2D eigenvalue weighted by molar-refractivity contribution is 5.65. The molecule has 0 radical (unpaired) electrons. The highest BCUT2D eigenvalue weighted by Gasteiger charge is 2.05. The summed E-state index contributed by atoms with van der Waals surface area (Å²) in [5.74, 6) is 0.542. The Morgan fingerprint density at radius 3 is 2.84 bits per heavy atom. The molecule has 0 aliphatic carbocycles. The van der Waals surface area contributed by atoms with Gasteiger partial charge in [0.2, 0.25) is 0 Å². The van der Waals surface area contributed by atoms with Crippen molar-refractivity contribution in [3.05, 3.63) is 47.9 Å². The molecule has 2 N–H and O–H groups in total. The zero-order chi connectivity index (χ0) is 13.7. The van der Waals surface area contributed by atoms with E-state index in [9.17, 15) is 4.39 Å². The van der Waals surface area contributed by atoms with Crippen LogP contribution in [0.4, 0.5) is 21.6 Å². The summed E-state index contributed by atoms with van der Waals surface area (Å²) in [7, 11) is 0. The third-order valence-corrected chi connectivity index (χ3v) is 2.81. The standard InChI is InChI=1S/C15H18FN3/c1-3-8-17-14-10-12(7-9-18-14)19-15-11(2)5-4-6-13(15)16/h4-7,9-10H,3,8H2,1-2H3,(H2,17,18,19). The van der Waals surface area contributed by atoms with Gasteiger partial charge in [-0.2, -0.15) is 0 Å². The summed E-state index contributed by atoms with van der Waals surface area (Å²) >= 11 is 0. The lowest BCUT2D eigenvalue weighted by Crippen LogP contribution is -2.03. The van der Waals surface area contributed by atoms with Gasteiger partial charge < -0.3 is 10.6 Å². The highest BCUT2D eigenvalue weighted by atomic mass is 19.1. The van der Waals surface area contributed by atoms with Crippen molar-refractivity contribution < 1.29 is 4.39 Å². The lowest BCUT2D eigenvalue weighted by atomic mass is 10.2. The largest absolute Gasteiger partial charge is 0.370 e. The van der Waals surface area contributed by atoms with Crippen LogP contribution in [-0.2, 0) is 0 Å². The molecule has 4 heteroatoms. The number of hydrogen-bond acceptors (Lipinski definition) is 3. The average molecular weight is 259 g/mol. The zero-order valence-electron chi connectivity index (χ0n) is 11.2. The van der Waals surface area contributed by atoms with Crippen molar-refractivity contribution in [2.75, 3.05) is 17.2 Å². The molecule has 100 valence electrons. The van der Waals surface area contributed by atoms with Crippen molar-refractivity contribution >= 4 is 17.2 Å². The maximum Gasteiger partial charge on any atom is 0.146 e. The maximum absolute atomic E-state index is 13.7. The van der Waals surface area contributed by atoms with Crippen LogP contribution in [0.1, 0.15) is 18.9 Å². The lowest BCUT2D eigenvalue weighted by molar-refractivity contribution is 0.631. The molecule has 0 aliphatic rings. The second kappa shape index (κ2) is 6.18. The number of para-hydroxylation sites is 1. The van der Waals surface area contributed by atoms with Gasteiger partial charge in [-0.15, -0.1) is 0 Å². The molecular weight excluding hydrogens is 241 g/mol. The van der Waals surface area contributed by atoms with Crippen LogP contribution in [0.15, 0.2) is 36.5 Å². The smallest absolute Gasteiger partial charge is 0.146 e. The van der Waals surface area contributed by atoms with Crippen LogP contribution in [0.2, 0.25) is 0 Å². The third-order valence-electron chi connectivity index (χ3n) is 2.81. The molecule has 0 atom stereocenters. The first-order valence-corrected chi connectivity index (χ1v) is 6.42. The van der Waals surface area contributed by atoms with Gasteiger partial charge in [-0.1, -0.05) is 19.1 Å². The second-order valence-electron chi connectivity index (χ2n) is 4.41. The molecule has 1 heterocycles. The number of benzene rings is 1. The van der Waals surface area contributed by atoms with Gasteiger partial charge in [-0.25, -0.2) is 9.37 Å². The molecule has 0 saturated carbocycles. The Labute approximate surface area is 112 Å². The van der Waals surface area contributed by atoms with Crippen molar-refractivity contribution in [1.29, 1.82) is 0 Å². The SMILES string of the molecule is CCCNc1cc(Nc2c(C)cccc2F)ccn1. The van der Waals surface area contributed by atoms with Crippen molar-refractivity contribution in [3.63, 3.8) is 0 Å². The quantitative estimate of drug-likeness (QED) is 0.849. The van der Waals surface area contributed by atoms with E-state index >= 15 is 0 Å². The van der Waals surface area contributed by atoms with E-state index in [2.05, 4.69) is 22.5 Å². The predicted octanol–water partition coefficient (Wildman–Crippen LogP) is 4.09. The predicted molar refractivity (Wildman–Crippen MR) is 77.4 cm³/mol. The normalized spacial score (nSPS) is 10.3. The Balaban J connectivity index is 2.19. The first-order chi connectivity index (χ1) is 9.20. The Morgan fingerprint density at radius 1 is 1.26 bits per heavy atom. The molecule has 1 aromatic heterocycles. The van der Waals surface area contributed by atoms with Gasteiger partial charge >= 0.3 is 0 Å². The molecule has 0 bridgehead atoms. The number of aryl methyl sites for hydroxylation is 1. The molecule has 1 aromatic carbocycles. The minimum atomic E-state index is -0.250. The van der Waals surface area contributed by atoms with Crippen LogP contribution in [0.5, 0.6) is 0 Å². The monoisotopic (exact) mass is 259 g/mol. The Bertz CT molecular complexity index is 535. The summed E-state index contributed by atoms with van der Waals surface area (Å²) < 4.78 is 13.7. The van der Waals surface area contributed by atoms with E-state index in [1.165, 1.54) is 6.07 Å². The minimum absolute atomic E-state index is 0.250. The molecule has 0 fully saturated rings. The highest BCUT2D eigenvalue weighted by Crippen LogP contribution is 2.24. The molecule has 0 unspecified atom stereocenters. The van der Waals surface area contributed by atoms with Gasteiger partial charge in [0.15, 0.2) is 0 Å². The fraction of sp³-hybridized carbons (Fsp3) is 0.267. The van der Waals surface area contributed by atoms with E-state index < -0.39 is 0 Å². The molecule has 3 nitrogen and oxygen atoms in total. The van der Waals surface area contributed by atoms with Gasteiger partial charge in [0.05, 0.1) is 5.69 Å². The van der Waals surface area contributed by atoms with Crippen LogP contribution in [0.3, 0.4) is 0 Å². The van der Waals surface area contributed by atoms with Crippen LogP contribution in [0.25, 0.3) is 0 Å². The van der Waals surface area contributed by atoms with Crippen molar-refractivity contribution in [3.8, 4) is 0 Å². The average Bonchev–Trinajstić information content (AvgIpc) is 2.41. The van der Waals surface area contributed by atoms with Crippen molar-refractivity contribution in [1.82, 2.24) is 4.98 Å². The summed E-state index contributed by atoms with van der Waals surface area (Å²) in [6.45, 7) is 4.84. The minimum Gasteiger partial charge on any atom is -0.370 e. The third kappa shape index (κ3) is 3.44. The number of halogens is 1. The van der Waals surface area contributed by atoms with E-state index in [0.29, 0.717) is 5.69 Å². The molecule has 2 aromatic rings. The van der Waals surface area contributed by atoms with E-state index in [4.69, 9.17) is 0 Å². The molecule has 2 rings (SSSR count). The summed E-state index contributed by atoms with van der Waals surface area (Å²) in [5.41, 5.74) is 2.21. The van der Waals surface area contributed by atoms with Crippen LogP contribution < -0.4 is 10.6 Å². The maximum atomic E-state index is 13.7. The summed E-state index contributed by atoms with van der Waals surface area (Å²) in [6.07, 6.45) is 2.74. The number of pyridine rings is 1. The van der Waals surface area contributed by atoms with Gasteiger partial charge in [0.1, 0.15) is 11.6 Å². The first kappa shape index (κ1) is 13.3. The fourth-order valence-corrected chi connectivity index (χ4v) is 1.79. The molecule has 0 amide bonds. The van der Waals surface area contributed by atoms with Gasteiger partial charge in [0, 0.05) is 24.5 Å². The van der Waals surface area contributed by atoms with E-state index in [1.54, 1.807) is 12.3 Å². The van der Waals surface area contributed by atoms with Crippen molar-refractivity contribution in [2.24, 2.45) is 0 Å². The summed E-state index contributed by atoms with van der Waals surface area (Å²) in [4.78, 5) is 4.22. The number of anilines is 3. The van der Waals surface area contributed by atoms with Gasteiger partial charge in [-0.3, -0.25) is 0 Å². The molecule has 0 spiro atoms. The van der Waals surface area contributed by atoms with Crippen LogP contribution >= 0.6 is 0 Å².